The topological polar surface area (TPSA) is 56.4 Å². The van der Waals surface area contributed by atoms with Crippen molar-refractivity contribution in [1.82, 2.24) is 14.8 Å². The number of piperazine rings is 1. The number of para-hydroxylation sites is 1. The molecule has 1 fully saturated rings. The first-order valence-corrected chi connectivity index (χ1v) is 8.17. The van der Waals surface area contributed by atoms with Crippen molar-refractivity contribution in [1.29, 1.82) is 0 Å². The molecule has 1 aromatic carbocycles. The van der Waals surface area contributed by atoms with E-state index in [1.54, 1.807) is 9.80 Å². The summed E-state index contributed by atoms with van der Waals surface area (Å²) in [5.41, 5.74) is 3.21. The van der Waals surface area contributed by atoms with Crippen LogP contribution in [0.3, 0.4) is 0 Å². The van der Waals surface area contributed by atoms with Gasteiger partial charge < -0.3 is 14.8 Å². The Morgan fingerprint density at radius 3 is 2.70 bits per heavy atom. The first-order valence-electron chi connectivity index (χ1n) is 8.17. The SMILES string of the molecule is CCCN1CC(=O)N(Cc2[nH]c3ccccc3c2C)C(C)C1=O. The molecule has 1 unspecified atom stereocenters. The molecule has 122 valence electrons. The van der Waals surface area contributed by atoms with Crippen molar-refractivity contribution in [2.75, 3.05) is 13.1 Å². The van der Waals surface area contributed by atoms with Crippen molar-refractivity contribution in [3.8, 4) is 0 Å². The molecule has 0 bridgehead atoms. The van der Waals surface area contributed by atoms with Crippen LogP contribution in [-0.4, -0.2) is 45.7 Å². The van der Waals surface area contributed by atoms with Crippen LogP contribution in [-0.2, 0) is 16.1 Å². The Kier molecular flexibility index (Phi) is 4.11. The molecule has 1 aromatic heterocycles. The van der Waals surface area contributed by atoms with E-state index in [0.29, 0.717) is 13.1 Å². The molecular formula is C18H23N3O2. The van der Waals surface area contributed by atoms with Gasteiger partial charge in [-0.3, -0.25) is 9.59 Å². The summed E-state index contributed by atoms with van der Waals surface area (Å²) in [7, 11) is 0. The summed E-state index contributed by atoms with van der Waals surface area (Å²) in [6.07, 6.45) is 0.868. The van der Waals surface area contributed by atoms with E-state index in [-0.39, 0.29) is 18.4 Å². The third-order valence-corrected chi connectivity index (χ3v) is 4.67. The number of nitrogens with zero attached hydrogens (tertiary/aromatic N) is 2. The molecule has 1 aliphatic rings. The number of carbonyl (C=O) groups excluding carboxylic acids is 2. The number of aromatic amines is 1. The van der Waals surface area contributed by atoms with E-state index in [2.05, 4.69) is 18.0 Å². The van der Waals surface area contributed by atoms with Gasteiger partial charge in [0, 0.05) is 23.1 Å². The second-order valence-electron chi connectivity index (χ2n) is 6.23. The van der Waals surface area contributed by atoms with Crippen LogP contribution in [0.15, 0.2) is 24.3 Å². The Hall–Kier alpha value is -2.30. The fourth-order valence-electron chi connectivity index (χ4n) is 3.30. The molecule has 0 aliphatic carbocycles. The van der Waals surface area contributed by atoms with Crippen LogP contribution < -0.4 is 0 Å². The summed E-state index contributed by atoms with van der Waals surface area (Å²) in [5, 5.41) is 1.17. The molecule has 1 atom stereocenters. The number of aryl methyl sites for hydroxylation is 1. The maximum atomic E-state index is 12.5. The van der Waals surface area contributed by atoms with Crippen LogP contribution in [0.4, 0.5) is 0 Å². The first kappa shape index (κ1) is 15.6. The molecule has 3 rings (SSSR count). The lowest BCUT2D eigenvalue weighted by Crippen LogP contribution is -2.58. The third kappa shape index (κ3) is 2.71. The maximum absolute atomic E-state index is 12.5. The fraction of sp³-hybridized carbons (Fsp3) is 0.444. The molecule has 0 saturated carbocycles. The number of hydrogen-bond acceptors (Lipinski definition) is 2. The van der Waals surface area contributed by atoms with Gasteiger partial charge in [-0.2, -0.15) is 0 Å². The van der Waals surface area contributed by atoms with Gasteiger partial charge in [0.15, 0.2) is 0 Å². The second-order valence-corrected chi connectivity index (χ2v) is 6.23. The molecule has 1 saturated heterocycles. The number of amides is 2. The van der Waals surface area contributed by atoms with Crippen LogP contribution in [0.2, 0.25) is 0 Å². The highest BCUT2D eigenvalue weighted by Crippen LogP contribution is 2.24. The van der Waals surface area contributed by atoms with E-state index in [0.717, 1.165) is 23.2 Å². The molecule has 23 heavy (non-hydrogen) atoms. The number of benzene rings is 1. The average Bonchev–Trinajstić information content (AvgIpc) is 2.86. The molecule has 5 nitrogen and oxygen atoms in total. The zero-order valence-electron chi connectivity index (χ0n) is 13.9. The van der Waals surface area contributed by atoms with Gasteiger partial charge in [-0.05, 0) is 31.9 Å². The summed E-state index contributed by atoms with van der Waals surface area (Å²) in [4.78, 5) is 31.7. The van der Waals surface area contributed by atoms with Gasteiger partial charge in [0.05, 0.1) is 13.1 Å². The van der Waals surface area contributed by atoms with E-state index >= 15 is 0 Å². The van der Waals surface area contributed by atoms with E-state index < -0.39 is 6.04 Å². The number of fused-ring (bicyclic) bond motifs is 1. The lowest BCUT2D eigenvalue weighted by Gasteiger charge is -2.38. The summed E-state index contributed by atoms with van der Waals surface area (Å²) >= 11 is 0. The predicted molar refractivity (Wildman–Crippen MR) is 89.9 cm³/mol. The first-order chi connectivity index (χ1) is 11.0. The van der Waals surface area contributed by atoms with Crippen LogP contribution >= 0.6 is 0 Å². The summed E-state index contributed by atoms with van der Waals surface area (Å²) in [6.45, 7) is 7.18. The Morgan fingerprint density at radius 2 is 2.00 bits per heavy atom. The largest absolute Gasteiger partial charge is 0.357 e. The molecular weight excluding hydrogens is 290 g/mol. The van der Waals surface area contributed by atoms with Crippen molar-refractivity contribution in [2.45, 2.75) is 39.8 Å². The minimum Gasteiger partial charge on any atom is -0.357 e. The number of carbonyl (C=O) groups is 2. The number of hydrogen-bond donors (Lipinski definition) is 1. The van der Waals surface area contributed by atoms with Crippen LogP contribution in [0.25, 0.3) is 10.9 Å². The maximum Gasteiger partial charge on any atom is 0.245 e. The van der Waals surface area contributed by atoms with Crippen molar-refractivity contribution < 1.29 is 9.59 Å². The summed E-state index contributed by atoms with van der Waals surface area (Å²) < 4.78 is 0. The number of rotatable bonds is 4. The Balaban J connectivity index is 1.85. The average molecular weight is 313 g/mol. The van der Waals surface area contributed by atoms with Crippen molar-refractivity contribution in [3.05, 3.63) is 35.5 Å². The smallest absolute Gasteiger partial charge is 0.245 e. The molecule has 0 radical (unpaired) electrons. The highest BCUT2D eigenvalue weighted by atomic mass is 16.2. The van der Waals surface area contributed by atoms with Crippen LogP contribution in [0.1, 0.15) is 31.5 Å². The fourth-order valence-corrected chi connectivity index (χ4v) is 3.30. The van der Waals surface area contributed by atoms with Gasteiger partial charge in [0.2, 0.25) is 11.8 Å². The Bertz CT molecular complexity index is 750. The number of aromatic nitrogens is 1. The second kappa shape index (κ2) is 6.07. The summed E-state index contributed by atoms with van der Waals surface area (Å²) in [5.74, 6) is 0.0591. The number of H-pyrrole nitrogens is 1. The van der Waals surface area contributed by atoms with Crippen LogP contribution in [0, 0.1) is 6.92 Å². The van der Waals surface area contributed by atoms with Gasteiger partial charge in [0.1, 0.15) is 6.04 Å². The molecule has 1 N–H and O–H groups in total. The van der Waals surface area contributed by atoms with Crippen molar-refractivity contribution in [3.63, 3.8) is 0 Å². The quantitative estimate of drug-likeness (QED) is 0.942. The van der Waals surface area contributed by atoms with Gasteiger partial charge in [-0.1, -0.05) is 25.1 Å². The Labute approximate surface area is 136 Å². The normalized spacial score (nSPS) is 19.0. The molecule has 0 spiro atoms. The highest BCUT2D eigenvalue weighted by Gasteiger charge is 2.36. The van der Waals surface area contributed by atoms with E-state index in [1.807, 2.05) is 32.0 Å². The minimum atomic E-state index is -0.409. The van der Waals surface area contributed by atoms with Gasteiger partial charge in [0.25, 0.3) is 0 Å². The standard InChI is InChI=1S/C18H23N3O2/c1-4-9-20-11-17(22)21(13(3)18(20)23)10-16-12(2)14-7-5-6-8-15(14)19-16/h5-8,13,19H,4,9-11H2,1-3H3. The minimum absolute atomic E-state index is 0.0172. The third-order valence-electron chi connectivity index (χ3n) is 4.67. The lowest BCUT2D eigenvalue weighted by atomic mass is 10.1. The van der Waals surface area contributed by atoms with Crippen molar-refractivity contribution in [2.24, 2.45) is 0 Å². The van der Waals surface area contributed by atoms with Gasteiger partial charge in [-0.25, -0.2) is 0 Å². The zero-order valence-corrected chi connectivity index (χ0v) is 13.9. The van der Waals surface area contributed by atoms with Gasteiger partial charge in [-0.15, -0.1) is 0 Å². The van der Waals surface area contributed by atoms with E-state index in [1.165, 1.54) is 5.39 Å². The van der Waals surface area contributed by atoms with Crippen LogP contribution in [0.5, 0.6) is 0 Å². The predicted octanol–water partition coefficient (Wildman–Crippen LogP) is 2.45. The van der Waals surface area contributed by atoms with E-state index in [9.17, 15) is 9.59 Å². The van der Waals surface area contributed by atoms with Crippen molar-refractivity contribution >= 4 is 22.7 Å². The molecule has 5 heteroatoms. The molecule has 2 aromatic rings. The number of nitrogens with one attached hydrogen (secondary N) is 1. The Morgan fingerprint density at radius 1 is 1.26 bits per heavy atom. The molecule has 2 heterocycles. The lowest BCUT2D eigenvalue weighted by molar-refractivity contribution is -0.155. The summed E-state index contributed by atoms with van der Waals surface area (Å²) in [6, 6.07) is 7.69. The van der Waals surface area contributed by atoms with E-state index in [4.69, 9.17) is 0 Å². The highest BCUT2D eigenvalue weighted by molar-refractivity contribution is 5.94. The molecule has 2 amide bonds. The molecule has 1 aliphatic heterocycles. The van der Waals surface area contributed by atoms with Gasteiger partial charge >= 0.3 is 0 Å². The zero-order chi connectivity index (χ0) is 16.6. The monoisotopic (exact) mass is 313 g/mol.